The zero-order valence-electron chi connectivity index (χ0n) is 21.0. The summed E-state index contributed by atoms with van der Waals surface area (Å²) in [7, 11) is -4.85. The van der Waals surface area contributed by atoms with Crippen molar-refractivity contribution >= 4 is 38.1 Å². The molecule has 0 bridgehead atoms. The van der Waals surface area contributed by atoms with Crippen LogP contribution in [-0.2, 0) is 40.0 Å². The molecule has 10 heteroatoms. The van der Waals surface area contributed by atoms with Crippen LogP contribution < -0.4 is 5.73 Å². The summed E-state index contributed by atoms with van der Waals surface area (Å²) in [4.78, 5) is 10.1. The van der Waals surface area contributed by atoms with Gasteiger partial charge in [0.15, 0.2) is 10.7 Å². The molecular formula is C28H32N4O4S2. The molecule has 0 unspecified atom stereocenters. The van der Waals surface area contributed by atoms with Gasteiger partial charge in [-0.15, -0.1) is 0 Å². The van der Waals surface area contributed by atoms with E-state index in [1.54, 1.807) is 0 Å². The zero-order valence-corrected chi connectivity index (χ0v) is 22.8. The van der Waals surface area contributed by atoms with Gasteiger partial charge in [-0.3, -0.25) is 4.90 Å². The number of aromatic nitrogens is 2. The molecule has 3 N–H and O–H groups in total. The summed E-state index contributed by atoms with van der Waals surface area (Å²) < 4.78 is 44.5. The third kappa shape index (κ3) is 6.25. The van der Waals surface area contributed by atoms with Crippen LogP contribution in [0, 0.1) is 0 Å². The smallest absolute Gasteiger partial charge is 0.153 e. The highest BCUT2D eigenvalue weighted by Crippen LogP contribution is 2.36. The van der Waals surface area contributed by atoms with E-state index in [2.05, 4.69) is 22.1 Å². The Morgan fingerprint density at radius 2 is 1.68 bits per heavy atom. The summed E-state index contributed by atoms with van der Waals surface area (Å²) in [5.74, 6) is 0.509. The van der Waals surface area contributed by atoms with Gasteiger partial charge >= 0.3 is 0 Å². The van der Waals surface area contributed by atoms with E-state index in [1.807, 2.05) is 53.6 Å². The number of anilines is 1. The number of hydrogen-bond donors (Lipinski definition) is 4. The monoisotopic (exact) mass is 552 g/mol. The normalized spacial score (nSPS) is 15.1. The van der Waals surface area contributed by atoms with Crippen molar-refractivity contribution in [3.05, 3.63) is 83.2 Å². The first kappa shape index (κ1) is 26.4. The topological polar surface area (TPSA) is 126 Å². The summed E-state index contributed by atoms with van der Waals surface area (Å²) in [5.41, 5.74) is 14.1. The molecule has 5 rings (SSSR count). The standard InChI is InChI=1S/C28H32N4O4S2/c29-23-7-6-21(5-4-19-2-1-3-20(14-19)17-37(33)34)25(15-23)24-8-11-30-28-26(24)16-27(31-28)22-9-12-32(13-10-22)18-38(35)36/h1-3,6-8,11,14-16,22,37-38H,4-5,9-10,12-13,17-18,29H2,(H,30,31). The van der Waals surface area contributed by atoms with Crippen LogP contribution in [0.3, 0.4) is 0 Å². The minimum Gasteiger partial charge on any atom is -0.399 e. The molecule has 1 saturated heterocycles. The number of rotatable bonds is 9. The summed E-state index contributed by atoms with van der Waals surface area (Å²) in [6.45, 7) is 1.52. The highest BCUT2D eigenvalue weighted by Gasteiger charge is 2.23. The molecule has 38 heavy (non-hydrogen) atoms. The fourth-order valence-corrected chi connectivity index (χ4v) is 6.53. The SMILES string of the molecule is Nc1ccc(CCc2cccc(C[SH](=O)=O)c2)c(-c2ccnc3[nH]c(C4CCN(C[SH](=O)=O)CC4)cc23)c1. The van der Waals surface area contributed by atoms with Crippen LogP contribution in [0.2, 0.25) is 0 Å². The molecule has 0 aliphatic carbocycles. The molecule has 0 radical (unpaired) electrons. The van der Waals surface area contributed by atoms with Gasteiger partial charge in [-0.1, -0.05) is 30.3 Å². The second kappa shape index (κ2) is 11.7. The third-order valence-electron chi connectivity index (χ3n) is 7.31. The molecule has 8 nitrogen and oxygen atoms in total. The van der Waals surface area contributed by atoms with Crippen molar-refractivity contribution in [2.45, 2.75) is 37.4 Å². The maximum absolute atomic E-state index is 11.1. The van der Waals surface area contributed by atoms with Crippen molar-refractivity contribution < 1.29 is 16.8 Å². The van der Waals surface area contributed by atoms with Gasteiger partial charge < -0.3 is 10.7 Å². The lowest BCUT2D eigenvalue weighted by Gasteiger charge is -2.29. The van der Waals surface area contributed by atoms with Gasteiger partial charge in [0.1, 0.15) is 16.4 Å². The van der Waals surface area contributed by atoms with Crippen molar-refractivity contribution in [2.75, 3.05) is 24.7 Å². The predicted octanol–water partition coefficient (Wildman–Crippen LogP) is 3.46. The highest BCUT2D eigenvalue weighted by molar-refractivity contribution is 7.72. The van der Waals surface area contributed by atoms with Crippen LogP contribution in [0.4, 0.5) is 5.69 Å². The van der Waals surface area contributed by atoms with E-state index in [9.17, 15) is 16.8 Å². The van der Waals surface area contributed by atoms with E-state index in [0.717, 1.165) is 83.3 Å². The number of nitrogens with one attached hydrogen (secondary N) is 1. The number of aromatic amines is 1. The van der Waals surface area contributed by atoms with Crippen LogP contribution in [0.5, 0.6) is 0 Å². The summed E-state index contributed by atoms with van der Waals surface area (Å²) in [5, 5.41) is 1.04. The minimum absolute atomic E-state index is 0.0543. The van der Waals surface area contributed by atoms with Crippen LogP contribution in [0.1, 0.15) is 41.1 Å². The fourth-order valence-electron chi connectivity index (χ4n) is 5.43. The van der Waals surface area contributed by atoms with Crippen molar-refractivity contribution in [2.24, 2.45) is 0 Å². The number of likely N-dealkylation sites (tertiary alicyclic amines) is 1. The fraction of sp³-hybridized carbons (Fsp3) is 0.321. The van der Waals surface area contributed by atoms with Gasteiger partial charge in [0.05, 0.1) is 11.6 Å². The quantitative estimate of drug-likeness (QED) is 0.185. The Bertz CT molecular complexity index is 1590. The van der Waals surface area contributed by atoms with Gasteiger partial charge in [-0.2, -0.15) is 0 Å². The molecule has 200 valence electrons. The maximum Gasteiger partial charge on any atom is 0.153 e. The average molecular weight is 553 g/mol. The van der Waals surface area contributed by atoms with E-state index in [1.165, 1.54) is 0 Å². The van der Waals surface area contributed by atoms with E-state index >= 15 is 0 Å². The first-order valence-electron chi connectivity index (χ1n) is 12.8. The number of thiol groups is 2. The molecule has 4 aromatic rings. The molecule has 2 aromatic carbocycles. The first-order valence-corrected chi connectivity index (χ1v) is 15.5. The first-order chi connectivity index (χ1) is 18.4. The zero-order chi connectivity index (χ0) is 26.6. The Balaban J connectivity index is 1.40. The lowest BCUT2D eigenvalue weighted by atomic mass is 9.92. The van der Waals surface area contributed by atoms with Gasteiger partial charge in [0.25, 0.3) is 0 Å². The maximum atomic E-state index is 11.1. The Hall–Kier alpha value is -3.21. The van der Waals surface area contributed by atoms with Gasteiger partial charge in [0.2, 0.25) is 0 Å². The van der Waals surface area contributed by atoms with Gasteiger partial charge in [-0.25, -0.2) is 21.8 Å². The number of piperidine rings is 1. The molecule has 0 saturated carbocycles. The molecule has 3 heterocycles. The molecule has 1 fully saturated rings. The number of H-pyrrole nitrogens is 1. The highest BCUT2D eigenvalue weighted by atomic mass is 32.2. The number of nitrogens with zero attached hydrogens (tertiary/aromatic N) is 2. The largest absolute Gasteiger partial charge is 0.399 e. The van der Waals surface area contributed by atoms with Gasteiger partial charge in [-0.05, 0) is 90.9 Å². The summed E-state index contributed by atoms with van der Waals surface area (Å²) >= 11 is 0. The second-order valence-electron chi connectivity index (χ2n) is 9.94. The Morgan fingerprint density at radius 1 is 0.895 bits per heavy atom. The lowest BCUT2D eigenvalue weighted by molar-refractivity contribution is 0.241. The Morgan fingerprint density at radius 3 is 2.45 bits per heavy atom. The number of nitrogens with two attached hydrogens (primary N) is 1. The molecule has 0 spiro atoms. The van der Waals surface area contributed by atoms with E-state index < -0.39 is 21.4 Å². The summed E-state index contributed by atoms with van der Waals surface area (Å²) in [6.07, 6.45) is 5.17. The Labute approximate surface area is 225 Å². The lowest BCUT2D eigenvalue weighted by Crippen LogP contribution is -2.34. The number of benzene rings is 2. The van der Waals surface area contributed by atoms with E-state index in [4.69, 9.17) is 5.73 Å². The van der Waals surface area contributed by atoms with Crippen LogP contribution in [0.15, 0.2) is 60.8 Å². The number of fused-ring (bicyclic) bond motifs is 1. The Kier molecular flexibility index (Phi) is 8.11. The van der Waals surface area contributed by atoms with Crippen LogP contribution in [-0.4, -0.2) is 50.7 Å². The third-order valence-corrected chi connectivity index (χ3v) is 8.56. The number of hydrogen-bond acceptors (Lipinski definition) is 7. The number of pyridine rings is 1. The van der Waals surface area contributed by atoms with Crippen LogP contribution >= 0.6 is 0 Å². The molecule has 1 aliphatic heterocycles. The second-order valence-corrected chi connectivity index (χ2v) is 11.9. The van der Waals surface area contributed by atoms with Crippen molar-refractivity contribution in [3.63, 3.8) is 0 Å². The molecule has 0 atom stereocenters. The summed E-state index contributed by atoms with van der Waals surface area (Å²) in [6, 6.07) is 18.0. The molecule has 0 amide bonds. The molecule has 2 aromatic heterocycles. The van der Waals surface area contributed by atoms with E-state index in [-0.39, 0.29) is 11.6 Å². The van der Waals surface area contributed by atoms with Crippen LogP contribution in [0.25, 0.3) is 22.2 Å². The van der Waals surface area contributed by atoms with Crippen molar-refractivity contribution in [1.29, 1.82) is 0 Å². The predicted molar refractivity (Wildman–Crippen MR) is 153 cm³/mol. The van der Waals surface area contributed by atoms with E-state index in [0.29, 0.717) is 11.6 Å². The molecule has 1 aliphatic rings. The van der Waals surface area contributed by atoms with Gasteiger partial charge in [0, 0.05) is 28.9 Å². The number of nitrogen functional groups attached to an aromatic ring is 1. The number of aryl methyl sites for hydroxylation is 2. The van der Waals surface area contributed by atoms with Crippen molar-refractivity contribution in [1.82, 2.24) is 14.9 Å². The van der Waals surface area contributed by atoms with Crippen molar-refractivity contribution in [3.8, 4) is 11.1 Å². The average Bonchev–Trinajstić information content (AvgIpc) is 3.32. The molecular weight excluding hydrogens is 520 g/mol. The minimum atomic E-state index is -2.46.